The Kier molecular flexibility index (Phi) is 3.73. The standard InChI is InChI=1S/C14H14N2S/c1-15-14(17)12-9-5-6-10-13(12)16-11-7-3-2-4-8-11/h2-10,16H,1H3,(H,15,17). The molecule has 86 valence electrons. The van der Waals surface area contributed by atoms with Gasteiger partial charge in [-0.15, -0.1) is 0 Å². The molecule has 0 saturated carbocycles. The molecule has 17 heavy (non-hydrogen) atoms. The van der Waals surface area contributed by atoms with E-state index in [2.05, 4.69) is 10.6 Å². The summed E-state index contributed by atoms with van der Waals surface area (Å²) in [5.41, 5.74) is 3.07. The molecule has 2 nitrogen and oxygen atoms in total. The molecule has 0 amide bonds. The second kappa shape index (κ2) is 5.46. The van der Waals surface area contributed by atoms with Gasteiger partial charge in [0.25, 0.3) is 0 Å². The molecule has 2 aromatic carbocycles. The predicted octanol–water partition coefficient (Wildman–Crippen LogP) is 3.33. The number of rotatable bonds is 3. The van der Waals surface area contributed by atoms with Gasteiger partial charge in [0.05, 0.1) is 0 Å². The van der Waals surface area contributed by atoms with Crippen LogP contribution in [-0.2, 0) is 0 Å². The third-order valence-electron chi connectivity index (χ3n) is 2.45. The van der Waals surface area contributed by atoms with Crippen molar-refractivity contribution in [2.45, 2.75) is 0 Å². The van der Waals surface area contributed by atoms with E-state index < -0.39 is 0 Å². The number of hydrogen-bond acceptors (Lipinski definition) is 2. The smallest absolute Gasteiger partial charge is 0.108 e. The highest BCUT2D eigenvalue weighted by Crippen LogP contribution is 2.20. The average molecular weight is 242 g/mol. The van der Waals surface area contributed by atoms with Gasteiger partial charge in [0, 0.05) is 24.0 Å². The highest BCUT2D eigenvalue weighted by molar-refractivity contribution is 7.80. The molecule has 3 heteroatoms. The fraction of sp³-hybridized carbons (Fsp3) is 0.0714. The van der Waals surface area contributed by atoms with Gasteiger partial charge in [0.1, 0.15) is 4.99 Å². The number of thiocarbonyl (C=S) groups is 1. The molecule has 0 fully saturated rings. The molecular weight excluding hydrogens is 228 g/mol. The zero-order valence-corrected chi connectivity index (χ0v) is 10.4. The van der Waals surface area contributed by atoms with Crippen molar-refractivity contribution >= 4 is 28.6 Å². The van der Waals surface area contributed by atoms with Crippen LogP contribution in [0.3, 0.4) is 0 Å². The normalized spacial score (nSPS) is 9.71. The van der Waals surface area contributed by atoms with Crippen molar-refractivity contribution < 1.29 is 0 Å². The number of nitrogens with one attached hydrogen (secondary N) is 2. The molecule has 2 rings (SSSR count). The lowest BCUT2D eigenvalue weighted by atomic mass is 10.1. The molecule has 0 unspecified atom stereocenters. The largest absolute Gasteiger partial charge is 0.379 e. The number of anilines is 2. The number of hydrogen-bond donors (Lipinski definition) is 2. The summed E-state index contributed by atoms with van der Waals surface area (Å²) < 4.78 is 0. The van der Waals surface area contributed by atoms with Crippen molar-refractivity contribution in [2.24, 2.45) is 0 Å². The fourth-order valence-corrected chi connectivity index (χ4v) is 1.78. The quantitative estimate of drug-likeness (QED) is 0.807. The monoisotopic (exact) mass is 242 g/mol. The number of para-hydroxylation sites is 2. The first-order chi connectivity index (χ1) is 8.31. The second-order valence-electron chi connectivity index (χ2n) is 3.62. The first-order valence-corrected chi connectivity index (χ1v) is 5.85. The molecule has 0 aliphatic carbocycles. The third kappa shape index (κ3) is 2.82. The van der Waals surface area contributed by atoms with Crippen LogP contribution in [-0.4, -0.2) is 12.0 Å². The summed E-state index contributed by atoms with van der Waals surface area (Å²) in [7, 11) is 1.83. The van der Waals surface area contributed by atoms with Crippen molar-refractivity contribution in [2.75, 3.05) is 12.4 Å². The summed E-state index contributed by atoms with van der Waals surface area (Å²) in [5, 5.41) is 6.36. The SMILES string of the molecule is CNC(=S)c1ccccc1Nc1ccccc1. The summed E-state index contributed by atoms with van der Waals surface area (Å²) in [6.07, 6.45) is 0. The van der Waals surface area contributed by atoms with Crippen LogP contribution in [0.15, 0.2) is 54.6 Å². The Balaban J connectivity index is 2.30. The van der Waals surface area contributed by atoms with E-state index >= 15 is 0 Å². The van der Waals surface area contributed by atoms with Gasteiger partial charge in [-0.05, 0) is 24.3 Å². The van der Waals surface area contributed by atoms with E-state index in [1.54, 1.807) is 0 Å². The molecule has 0 saturated heterocycles. The second-order valence-corrected chi connectivity index (χ2v) is 4.02. The van der Waals surface area contributed by atoms with Crippen LogP contribution in [0.5, 0.6) is 0 Å². The summed E-state index contributed by atoms with van der Waals surface area (Å²) in [6.45, 7) is 0. The molecule has 0 atom stereocenters. The summed E-state index contributed by atoms with van der Waals surface area (Å²) in [4.78, 5) is 0.740. The van der Waals surface area contributed by atoms with E-state index in [0.717, 1.165) is 21.9 Å². The lowest BCUT2D eigenvalue weighted by molar-refractivity contribution is 1.20. The van der Waals surface area contributed by atoms with Crippen molar-refractivity contribution in [1.29, 1.82) is 0 Å². The molecule has 0 radical (unpaired) electrons. The lowest BCUT2D eigenvalue weighted by Gasteiger charge is -2.12. The minimum absolute atomic E-state index is 0.740. The van der Waals surface area contributed by atoms with Gasteiger partial charge < -0.3 is 10.6 Å². The van der Waals surface area contributed by atoms with E-state index in [0.29, 0.717) is 0 Å². The Hall–Kier alpha value is -1.87. The maximum atomic E-state index is 5.27. The maximum absolute atomic E-state index is 5.27. The van der Waals surface area contributed by atoms with Gasteiger partial charge in [0.2, 0.25) is 0 Å². The van der Waals surface area contributed by atoms with Gasteiger partial charge in [-0.25, -0.2) is 0 Å². The minimum atomic E-state index is 0.740. The minimum Gasteiger partial charge on any atom is -0.379 e. The van der Waals surface area contributed by atoms with E-state index in [9.17, 15) is 0 Å². The van der Waals surface area contributed by atoms with Crippen LogP contribution in [0.1, 0.15) is 5.56 Å². The van der Waals surface area contributed by atoms with Crippen LogP contribution in [0.2, 0.25) is 0 Å². The van der Waals surface area contributed by atoms with E-state index in [4.69, 9.17) is 12.2 Å². The Labute approximate surface area is 107 Å². The average Bonchev–Trinajstić information content (AvgIpc) is 2.40. The molecule has 0 aliphatic rings. The third-order valence-corrected chi connectivity index (χ3v) is 2.88. The number of benzene rings is 2. The molecule has 0 spiro atoms. The highest BCUT2D eigenvalue weighted by Gasteiger charge is 2.05. The van der Waals surface area contributed by atoms with Crippen molar-refractivity contribution in [3.05, 3.63) is 60.2 Å². The molecule has 2 N–H and O–H groups in total. The highest BCUT2D eigenvalue weighted by atomic mass is 32.1. The van der Waals surface area contributed by atoms with Crippen LogP contribution < -0.4 is 10.6 Å². The van der Waals surface area contributed by atoms with E-state index in [-0.39, 0.29) is 0 Å². The van der Waals surface area contributed by atoms with Crippen molar-refractivity contribution in [1.82, 2.24) is 5.32 Å². The van der Waals surface area contributed by atoms with Crippen molar-refractivity contribution in [3.8, 4) is 0 Å². The van der Waals surface area contributed by atoms with Crippen LogP contribution in [0.25, 0.3) is 0 Å². The van der Waals surface area contributed by atoms with Gasteiger partial charge in [-0.1, -0.05) is 42.5 Å². The summed E-state index contributed by atoms with van der Waals surface area (Å²) >= 11 is 5.27. The van der Waals surface area contributed by atoms with E-state index in [1.807, 2.05) is 61.6 Å². The van der Waals surface area contributed by atoms with Gasteiger partial charge in [0.15, 0.2) is 0 Å². The molecule has 0 aromatic heterocycles. The molecule has 0 aliphatic heterocycles. The summed E-state index contributed by atoms with van der Waals surface area (Å²) in [5.74, 6) is 0. The molecule has 0 heterocycles. The fourth-order valence-electron chi connectivity index (χ4n) is 1.60. The van der Waals surface area contributed by atoms with Crippen LogP contribution in [0.4, 0.5) is 11.4 Å². The molecular formula is C14H14N2S. The van der Waals surface area contributed by atoms with E-state index in [1.165, 1.54) is 0 Å². The Morgan fingerprint density at radius 1 is 0.941 bits per heavy atom. The Morgan fingerprint density at radius 2 is 1.59 bits per heavy atom. The topological polar surface area (TPSA) is 24.1 Å². The Bertz CT molecular complexity index is 509. The van der Waals surface area contributed by atoms with Gasteiger partial charge >= 0.3 is 0 Å². The lowest BCUT2D eigenvalue weighted by Crippen LogP contribution is -2.17. The summed E-state index contributed by atoms with van der Waals surface area (Å²) in [6, 6.07) is 18.1. The zero-order chi connectivity index (χ0) is 12.1. The van der Waals surface area contributed by atoms with Crippen molar-refractivity contribution in [3.63, 3.8) is 0 Å². The molecule has 0 bridgehead atoms. The predicted molar refractivity (Wildman–Crippen MR) is 76.9 cm³/mol. The van der Waals surface area contributed by atoms with Gasteiger partial charge in [-0.3, -0.25) is 0 Å². The Morgan fingerprint density at radius 3 is 2.29 bits per heavy atom. The first kappa shape index (κ1) is 11.6. The van der Waals surface area contributed by atoms with Crippen LogP contribution >= 0.6 is 12.2 Å². The first-order valence-electron chi connectivity index (χ1n) is 5.44. The molecule has 2 aromatic rings. The van der Waals surface area contributed by atoms with Gasteiger partial charge in [-0.2, -0.15) is 0 Å². The maximum Gasteiger partial charge on any atom is 0.108 e. The zero-order valence-electron chi connectivity index (χ0n) is 9.60. The van der Waals surface area contributed by atoms with Crippen LogP contribution in [0, 0.1) is 0 Å².